The van der Waals surface area contributed by atoms with Gasteiger partial charge in [-0.25, -0.2) is 0 Å². The molecule has 2 nitrogen and oxygen atoms in total. The minimum atomic E-state index is 0.509. The lowest BCUT2D eigenvalue weighted by Crippen LogP contribution is -2.10. The Balaban J connectivity index is 2.67. The van der Waals surface area contributed by atoms with Gasteiger partial charge in [-0.1, -0.05) is 12.1 Å². The molecule has 0 spiro atoms. The molecule has 1 aromatic heterocycles. The first-order chi connectivity index (χ1) is 8.00. The molecule has 2 rings (SSSR count). The van der Waals surface area contributed by atoms with Crippen LogP contribution in [0.2, 0.25) is 0 Å². The van der Waals surface area contributed by atoms with Gasteiger partial charge in [0.2, 0.25) is 0 Å². The van der Waals surface area contributed by atoms with Crippen molar-refractivity contribution in [1.82, 2.24) is 9.47 Å². The van der Waals surface area contributed by atoms with Crippen molar-refractivity contribution in [3.05, 3.63) is 35.5 Å². The van der Waals surface area contributed by atoms with E-state index in [1.165, 1.54) is 22.0 Å². The SMILES string of the molecule is Cc1cccc2c1c(CN(C)C)cn2C(C)C. The number of rotatable bonds is 3. The highest BCUT2D eigenvalue weighted by Crippen LogP contribution is 2.28. The first-order valence-corrected chi connectivity index (χ1v) is 6.24. The van der Waals surface area contributed by atoms with Crippen molar-refractivity contribution in [2.75, 3.05) is 14.1 Å². The van der Waals surface area contributed by atoms with E-state index in [-0.39, 0.29) is 0 Å². The summed E-state index contributed by atoms with van der Waals surface area (Å²) in [6, 6.07) is 7.08. The zero-order valence-electron chi connectivity index (χ0n) is 11.5. The number of aryl methyl sites for hydroxylation is 1. The van der Waals surface area contributed by atoms with Crippen molar-refractivity contribution in [2.45, 2.75) is 33.4 Å². The van der Waals surface area contributed by atoms with Gasteiger partial charge in [0, 0.05) is 29.7 Å². The number of aromatic nitrogens is 1. The van der Waals surface area contributed by atoms with Crippen LogP contribution in [0.3, 0.4) is 0 Å². The standard InChI is InChI=1S/C15H22N2/c1-11(2)17-10-13(9-16(4)5)15-12(3)7-6-8-14(15)17/h6-8,10-11H,9H2,1-5H3. The Labute approximate surface area is 104 Å². The van der Waals surface area contributed by atoms with Gasteiger partial charge in [-0.2, -0.15) is 0 Å². The summed E-state index contributed by atoms with van der Waals surface area (Å²) in [7, 11) is 4.24. The van der Waals surface area contributed by atoms with Crippen LogP contribution in [0.4, 0.5) is 0 Å². The van der Waals surface area contributed by atoms with Crippen LogP contribution in [0.15, 0.2) is 24.4 Å². The zero-order chi connectivity index (χ0) is 12.6. The maximum absolute atomic E-state index is 2.38. The van der Waals surface area contributed by atoms with E-state index < -0.39 is 0 Å². The molecular weight excluding hydrogens is 208 g/mol. The lowest BCUT2D eigenvalue weighted by Gasteiger charge is -2.09. The van der Waals surface area contributed by atoms with Crippen molar-refractivity contribution in [2.24, 2.45) is 0 Å². The smallest absolute Gasteiger partial charge is 0.0488 e. The predicted octanol–water partition coefficient (Wildman–Crippen LogP) is 3.59. The molecule has 0 aliphatic heterocycles. The van der Waals surface area contributed by atoms with Crippen LogP contribution in [-0.2, 0) is 6.54 Å². The molecule has 0 saturated carbocycles. The molecular formula is C15H22N2. The molecule has 2 heteroatoms. The monoisotopic (exact) mass is 230 g/mol. The minimum absolute atomic E-state index is 0.509. The van der Waals surface area contributed by atoms with Crippen LogP contribution < -0.4 is 0 Å². The van der Waals surface area contributed by atoms with Crippen molar-refractivity contribution in [3.8, 4) is 0 Å². The lowest BCUT2D eigenvalue weighted by molar-refractivity contribution is 0.403. The van der Waals surface area contributed by atoms with Gasteiger partial charge < -0.3 is 9.47 Å². The number of benzene rings is 1. The molecule has 0 radical (unpaired) electrons. The van der Waals surface area contributed by atoms with Gasteiger partial charge in [0.25, 0.3) is 0 Å². The summed E-state index contributed by atoms with van der Waals surface area (Å²) in [5.41, 5.74) is 4.16. The molecule has 0 aliphatic carbocycles. The van der Waals surface area contributed by atoms with Crippen LogP contribution in [-0.4, -0.2) is 23.6 Å². The largest absolute Gasteiger partial charge is 0.345 e. The predicted molar refractivity (Wildman–Crippen MR) is 74.5 cm³/mol. The molecule has 0 unspecified atom stereocenters. The highest BCUT2D eigenvalue weighted by Gasteiger charge is 2.12. The Morgan fingerprint density at radius 3 is 2.53 bits per heavy atom. The fourth-order valence-corrected chi connectivity index (χ4v) is 2.47. The molecule has 0 fully saturated rings. The van der Waals surface area contributed by atoms with Gasteiger partial charge in [-0.05, 0) is 52.1 Å². The first-order valence-electron chi connectivity index (χ1n) is 6.24. The highest BCUT2D eigenvalue weighted by molar-refractivity contribution is 5.87. The van der Waals surface area contributed by atoms with E-state index in [9.17, 15) is 0 Å². The Kier molecular flexibility index (Phi) is 3.25. The van der Waals surface area contributed by atoms with Crippen molar-refractivity contribution in [1.29, 1.82) is 0 Å². The molecule has 17 heavy (non-hydrogen) atoms. The lowest BCUT2D eigenvalue weighted by atomic mass is 10.1. The second-order valence-corrected chi connectivity index (χ2v) is 5.36. The summed E-state index contributed by atoms with van der Waals surface area (Å²) < 4.78 is 2.38. The fraction of sp³-hybridized carbons (Fsp3) is 0.467. The first kappa shape index (κ1) is 12.2. The van der Waals surface area contributed by atoms with Gasteiger partial charge in [-0.3, -0.25) is 0 Å². The van der Waals surface area contributed by atoms with E-state index in [2.05, 4.69) is 68.7 Å². The molecule has 1 aromatic carbocycles. The summed E-state index contributed by atoms with van der Waals surface area (Å²) in [6.45, 7) is 7.68. The maximum Gasteiger partial charge on any atom is 0.0488 e. The Morgan fingerprint density at radius 1 is 1.24 bits per heavy atom. The third-order valence-corrected chi connectivity index (χ3v) is 3.19. The van der Waals surface area contributed by atoms with Gasteiger partial charge in [0.15, 0.2) is 0 Å². The molecule has 1 heterocycles. The second-order valence-electron chi connectivity index (χ2n) is 5.36. The zero-order valence-corrected chi connectivity index (χ0v) is 11.5. The third kappa shape index (κ3) is 2.22. The summed E-state index contributed by atoms with van der Waals surface area (Å²) in [5.74, 6) is 0. The molecule has 0 aliphatic rings. The molecule has 0 atom stereocenters. The van der Waals surface area contributed by atoms with E-state index in [1.54, 1.807) is 0 Å². The molecule has 0 N–H and O–H groups in total. The quantitative estimate of drug-likeness (QED) is 0.782. The molecule has 92 valence electrons. The second kappa shape index (κ2) is 4.53. The summed E-state index contributed by atoms with van der Waals surface area (Å²) >= 11 is 0. The summed E-state index contributed by atoms with van der Waals surface area (Å²) in [4.78, 5) is 2.23. The number of nitrogens with zero attached hydrogens (tertiary/aromatic N) is 2. The van der Waals surface area contributed by atoms with Crippen LogP contribution >= 0.6 is 0 Å². The van der Waals surface area contributed by atoms with Crippen LogP contribution in [0.25, 0.3) is 10.9 Å². The Morgan fingerprint density at radius 2 is 1.94 bits per heavy atom. The van der Waals surface area contributed by atoms with Gasteiger partial charge in [0.1, 0.15) is 0 Å². The van der Waals surface area contributed by atoms with Crippen LogP contribution in [0.5, 0.6) is 0 Å². The number of hydrogen-bond donors (Lipinski definition) is 0. The van der Waals surface area contributed by atoms with E-state index in [0.717, 1.165) is 6.54 Å². The molecule has 0 amide bonds. The van der Waals surface area contributed by atoms with E-state index in [1.807, 2.05) is 0 Å². The Bertz CT molecular complexity index is 521. The fourth-order valence-electron chi connectivity index (χ4n) is 2.47. The molecule has 0 saturated heterocycles. The Hall–Kier alpha value is -1.28. The molecule has 0 bridgehead atoms. The van der Waals surface area contributed by atoms with E-state index in [0.29, 0.717) is 6.04 Å². The van der Waals surface area contributed by atoms with Crippen molar-refractivity contribution in [3.63, 3.8) is 0 Å². The number of hydrogen-bond acceptors (Lipinski definition) is 1. The normalized spacial score (nSPS) is 11.9. The topological polar surface area (TPSA) is 8.17 Å². The van der Waals surface area contributed by atoms with Crippen LogP contribution in [0.1, 0.15) is 31.0 Å². The maximum atomic E-state index is 2.38. The van der Waals surface area contributed by atoms with Crippen molar-refractivity contribution < 1.29 is 0 Å². The van der Waals surface area contributed by atoms with E-state index in [4.69, 9.17) is 0 Å². The third-order valence-electron chi connectivity index (χ3n) is 3.19. The highest BCUT2D eigenvalue weighted by atomic mass is 15.1. The van der Waals surface area contributed by atoms with Crippen LogP contribution in [0, 0.1) is 6.92 Å². The molecule has 2 aromatic rings. The van der Waals surface area contributed by atoms with Gasteiger partial charge in [-0.15, -0.1) is 0 Å². The average Bonchev–Trinajstić information content (AvgIpc) is 2.57. The number of fused-ring (bicyclic) bond motifs is 1. The van der Waals surface area contributed by atoms with Gasteiger partial charge in [0.05, 0.1) is 0 Å². The summed E-state index contributed by atoms with van der Waals surface area (Å²) in [6.07, 6.45) is 2.31. The van der Waals surface area contributed by atoms with Crippen molar-refractivity contribution >= 4 is 10.9 Å². The minimum Gasteiger partial charge on any atom is -0.345 e. The van der Waals surface area contributed by atoms with Gasteiger partial charge >= 0.3 is 0 Å². The average molecular weight is 230 g/mol. The summed E-state index contributed by atoms with van der Waals surface area (Å²) in [5, 5.41) is 1.43. The van der Waals surface area contributed by atoms with E-state index >= 15 is 0 Å².